The Morgan fingerprint density at radius 1 is 1.00 bits per heavy atom. The predicted octanol–water partition coefficient (Wildman–Crippen LogP) is 4.52. The zero-order valence-electron chi connectivity index (χ0n) is 13.7. The van der Waals surface area contributed by atoms with Crippen molar-refractivity contribution in [3.05, 3.63) is 54.1 Å². The number of unbranched alkanes of at least 4 members (excludes halogenated alkanes) is 1. The Morgan fingerprint density at radius 2 is 1.78 bits per heavy atom. The first-order chi connectivity index (χ1) is 11.2. The maximum absolute atomic E-state index is 12.3. The average molecular weight is 313 g/mol. The number of hydrogen-bond acceptors (Lipinski definition) is 3. The van der Waals surface area contributed by atoms with E-state index in [0.717, 1.165) is 18.5 Å². The van der Waals surface area contributed by atoms with Gasteiger partial charge in [-0.25, -0.2) is 0 Å². The number of carbonyl (C=O) groups is 1. The van der Waals surface area contributed by atoms with Gasteiger partial charge in [-0.05, 0) is 43.7 Å². The molecule has 0 heterocycles. The molecule has 2 aromatic carbocycles. The highest BCUT2D eigenvalue weighted by atomic mass is 16.5. The van der Waals surface area contributed by atoms with E-state index >= 15 is 0 Å². The molecule has 0 saturated carbocycles. The molecule has 0 unspecified atom stereocenters. The minimum Gasteiger partial charge on any atom is -0.490 e. The monoisotopic (exact) mass is 313 g/mol. The molecular weight excluding hydrogens is 290 g/mol. The number of benzene rings is 2. The molecule has 2 aromatic rings. The molecule has 0 bridgehead atoms. The number of hydrogen-bond donors (Lipinski definition) is 1. The highest BCUT2D eigenvalue weighted by Gasteiger charge is 2.12. The van der Waals surface area contributed by atoms with Gasteiger partial charge in [-0.3, -0.25) is 4.79 Å². The third kappa shape index (κ3) is 5.02. The third-order valence-corrected chi connectivity index (χ3v) is 3.29. The largest absolute Gasteiger partial charge is 0.490 e. The summed E-state index contributed by atoms with van der Waals surface area (Å²) in [6, 6.07) is 14.6. The zero-order chi connectivity index (χ0) is 16.5. The van der Waals surface area contributed by atoms with Crippen molar-refractivity contribution >= 4 is 11.6 Å². The number of nitrogens with one attached hydrogen (secondary N) is 1. The van der Waals surface area contributed by atoms with Crippen molar-refractivity contribution in [3.63, 3.8) is 0 Å². The second kappa shape index (κ2) is 8.83. The number of rotatable bonds is 8. The second-order valence-corrected chi connectivity index (χ2v) is 5.12. The summed E-state index contributed by atoms with van der Waals surface area (Å²) in [4.78, 5) is 12.3. The normalized spacial score (nSPS) is 10.2. The van der Waals surface area contributed by atoms with E-state index in [4.69, 9.17) is 9.47 Å². The van der Waals surface area contributed by atoms with Crippen molar-refractivity contribution in [1.29, 1.82) is 0 Å². The van der Waals surface area contributed by atoms with Crippen LogP contribution in [-0.2, 0) is 0 Å². The van der Waals surface area contributed by atoms with E-state index in [-0.39, 0.29) is 5.91 Å². The van der Waals surface area contributed by atoms with E-state index < -0.39 is 0 Å². The van der Waals surface area contributed by atoms with Crippen molar-refractivity contribution in [2.45, 2.75) is 26.7 Å². The molecule has 4 nitrogen and oxygen atoms in total. The molecule has 4 heteroatoms. The van der Waals surface area contributed by atoms with E-state index in [1.165, 1.54) is 0 Å². The first-order valence-corrected chi connectivity index (χ1v) is 8.00. The van der Waals surface area contributed by atoms with E-state index in [1.54, 1.807) is 18.2 Å². The van der Waals surface area contributed by atoms with Gasteiger partial charge < -0.3 is 14.8 Å². The molecule has 1 N–H and O–H groups in total. The molecule has 0 spiro atoms. The van der Waals surface area contributed by atoms with Gasteiger partial charge in [-0.2, -0.15) is 0 Å². The number of anilines is 1. The SMILES string of the molecule is CCCCOc1ccc(C(=O)Nc2ccccc2)cc1OCC. The minimum atomic E-state index is -0.169. The first kappa shape index (κ1) is 16.9. The van der Waals surface area contributed by atoms with E-state index in [1.807, 2.05) is 37.3 Å². The molecule has 0 fully saturated rings. The molecule has 2 rings (SSSR count). The summed E-state index contributed by atoms with van der Waals surface area (Å²) in [7, 11) is 0. The van der Waals surface area contributed by atoms with Crippen LogP contribution < -0.4 is 14.8 Å². The lowest BCUT2D eigenvalue weighted by molar-refractivity contribution is 0.102. The van der Waals surface area contributed by atoms with Crippen LogP contribution in [0.15, 0.2) is 48.5 Å². The van der Waals surface area contributed by atoms with Gasteiger partial charge in [-0.15, -0.1) is 0 Å². The minimum absolute atomic E-state index is 0.169. The Balaban J connectivity index is 2.12. The molecule has 0 radical (unpaired) electrons. The molecule has 23 heavy (non-hydrogen) atoms. The van der Waals surface area contributed by atoms with Gasteiger partial charge in [0.25, 0.3) is 5.91 Å². The van der Waals surface area contributed by atoms with Crippen LogP contribution >= 0.6 is 0 Å². The van der Waals surface area contributed by atoms with Crippen molar-refractivity contribution < 1.29 is 14.3 Å². The van der Waals surface area contributed by atoms with Crippen LogP contribution in [0.5, 0.6) is 11.5 Å². The fourth-order valence-electron chi connectivity index (χ4n) is 2.09. The molecule has 0 aliphatic rings. The Bertz CT molecular complexity index is 626. The molecule has 0 aromatic heterocycles. The molecule has 0 atom stereocenters. The third-order valence-electron chi connectivity index (χ3n) is 3.29. The average Bonchev–Trinajstić information content (AvgIpc) is 2.57. The van der Waals surface area contributed by atoms with E-state index in [9.17, 15) is 4.79 Å². The van der Waals surface area contributed by atoms with Crippen molar-refractivity contribution in [2.24, 2.45) is 0 Å². The van der Waals surface area contributed by atoms with Crippen LogP contribution in [0.4, 0.5) is 5.69 Å². The number of carbonyl (C=O) groups excluding carboxylic acids is 1. The van der Waals surface area contributed by atoms with Crippen LogP contribution in [0.2, 0.25) is 0 Å². The number of amides is 1. The Morgan fingerprint density at radius 3 is 2.48 bits per heavy atom. The molecule has 0 aliphatic heterocycles. The molecule has 122 valence electrons. The summed E-state index contributed by atoms with van der Waals surface area (Å²) in [6.45, 7) is 5.19. The lowest BCUT2D eigenvalue weighted by atomic mass is 10.1. The highest BCUT2D eigenvalue weighted by Crippen LogP contribution is 2.29. The Labute approximate surface area is 137 Å². The summed E-state index contributed by atoms with van der Waals surface area (Å²) < 4.78 is 11.3. The number of para-hydroxylation sites is 1. The predicted molar refractivity (Wildman–Crippen MR) is 92.4 cm³/mol. The first-order valence-electron chi connectivity index (χ1n) is 8.00. The highest BCUT2D eigenvalue weighted by molar-refractivity contribution is 6.04. The van der Waals surface area contributed by atoms with Gasteiger partial charge in [0.05, 0.1) is 13.2 Å². The van der Waals surface area contributed by atoms with E-state index in [2.05, 4.69) is 12.2 Å². The summed E-state index contributed by atoms with van der Waals surface area (Å²) >= 11 is 0. The van der Waals surface area contributed by atoms with Crippen LogP contribution in [0, 0.1) is 0 Å². The summed E-state index contributed by atoms with van der Waals surface area (Å²) in [5, 5.41) is 2.86. The topological polar surface area (TPSA) is 47.6 Å². The van der Waals surface area contributed by atoms with Gasteiger partial charge in [0, 0.05) is 11.3 Å². The van der Waals surface area contributed by atoms with Crippen LogP contribution in [0.3, 0.4) is 0 Å². The quantitative estimate of drug-likeness (QED) is 0.729. The Kier molecular flexibility index (Phi) is 6.48. The van der Waals surface area contributed by atoms with Gasteiger partial charge in [0.2, 0.25) is 0 Å². The lowest BCUT2D eigenvalue weighted by Gasteiger charge is -2.13. The molecule has 0 aliphatic carbocycles. The summed E-state index contributed by atoms with van der Waals surface area (Å²) in [5.41, 5.74) is 1.30. The maximum atomic E-state index is 12.3. The smallest absolute Gasteiger partial charge is 0.255 e. The van der Waals surface area contributed by atoms with Gasteiger partial charge in [0.1, 0.15) is 0 Å². The van der Waals surface area contributed by atoms with Crippen LogP contribution in [-0.4, -0.2) is 19.1 Å². The summed E-state index contributed by atoms with van der Waals surface area (Å²) in [6.07, 6.45) is 2.06. The second-order valence-electron chi connectivity index (χ2n) is 5.12. The molecular formula is C19H23NO3. The van der Waals surface area contributed by atoms with Crippen LogP contribution in [0.25, 0.3) is 0 Å². The van der Waals surface area contributed by atoms with E-state index in [0.29, 0.717) is 30.3 Å². The van der Waals surface area contributed by atoms with Crippen molar-refractivity contribution in [2.75, 3.05) is 18.5 Å². The molecule has 1 amide bonds. The standard InChI is InChI=1S/C19H23NO3/c1-3-5-13-23-17-12-11-15(14-18(17)22-4-2)19(21)20-16-9-7-6-8-10-16/h6-12,14H,3-5,13H2,1-2H3,(H,20,21). The van der Waals surface area contributed by atoms with Gasteiger partial charge in [-0.1, -0.05) is 31.5 Å². The summed E-state index contributed by atoms with van der Waals surface area (Å²) in [5.74, 6) is 1.11. The lowest BCUT2D eigenvalue weighted by Crippen LogP contribution is -2.12. The zero-order valence-corrected chi connectivity index (χ0v) is 13.7. The van der Waals surface area contributed by atoms with Crippen LogP contribution in [0.1, 0.15) is 37.0 Å². The fourth-order valence-corrected chi connectivity index (χ4v) is 2.09. The maximum Gasteiger partial charge on any atom is 0.255 e. The fraction of sp³-hybridized carbons (Fsp3) is 0.316. The van der Waals surface area contributed by atoms with Gasteiger partial charge >= 0.3 is 0 Å². The van der Waals surface area contributed by atoms with Crippen molar-refractivity contribution in [3.8, 4) is 11.5 Å². The Hall–Kier alpha value is -2.49. The van der Waals surface area contributed by atoms with Crippen molar-refractivity contribution in [1.82, 2.24) is 0 Å². The molecule has 0 saturated heterocycles. The van der Waals surface area contributed by atoms with Gasteiger partial charge in [0.15, 0.2) is 11.5 Å². The number of ether oxygens (including phenoxy) is 2.